The van der Waals surface area contributed by atoms with Crippen molar-refractivity contribution in [3.05, 3.63) is 17.7 Å². The van der Waals surface area contributed by atoms with Gasteiger partial charge in [0.15, 0.2) is 0 Å². The summed E-state index contributed by atoms with van der Waals surface area (Å²) in [4.78, 5) is 0.0654. The van der Waals surface area contributed by atoms with E-state index in [2.05, 4.69) is 5.32 Å². The molecule has 0 saturated heterocycles. The van der Waals surface area contributed by atoms with Crippen LogP contribution in [-0.2, 0) is 10.0 Å². The Kier molecular flexibility index (Phi) is 3.44. The minimum atomic E-state index is -3.73. The molecular weight excluding hydrogens is 226 g/mol. The molecular formula is C10H17N3O2S. The number of nitrogens with two attached hydrogens (primary N) is 2. The predicted octanol–water partition coefficient (Wildman–Crippen LogP) is 1.04. The Morgan fingerprint density at radius 3 is 2.31 bits per heavy atom. The molecule has 1 aromatic rings. The Morgan fingerprint density at radius 1 is 1.31 bits per heavy atom. The monoisotopic (exact) mass is 243 g/mol. The molecule has 16 heavy (non-hydrogen) atoms. The molecule has 0 unspecified atom stereocenters. The number of nitrogens with one attached hydrogen (secondary N) is 1. The van der Waals surface area contributed by atoms with Gasteiger partial charge in [-0.25, -0.2) is 13.6 Å². The summed E-state index contributed by atoms with van der Waals surface area (Å²) in [6, 6.07) is 3.26. The number of nitrogen functional groups attached to an aromatic ring is 1. The molecule has 6 heteroatoms. The molecule has 0 amide bonds. The van der Waals surface area contributed by atoms with Crippen molar-refractivity contribution in [1.29, 1.82) is 0 Å². The molecule has 0 aliphatic carbocycles. The van der Waals surface area contributed by atoms with E-state index < -0.39 is 10.0 Å². The van der Waals surface area contributed by atoms with Crippen molar-refractivity contribution in [1.82, 2.24) is 0 Å². The summed E-state index contributed by atoms with van der Waals surface area (Å²) in [5.74, 6) is 0. The quantitative estimate of drug-likeness (QED) is 0.691. The van der Waals surface area contributed by atoms with Crippen molar-refractivity contribution in [2.45, 2.75) is 31.7 Å². The molecule has 5 nitrogen and oxygen atoms in total. The third-order valence-corrected chi connectivity index (χ3v) is 3.17. The van der Waals surface area contributed by atoms with Crippen LogP contribution < -0.4 is 16.2 Å². The fraction of sp³-hybridized carbons (Fsp3) is 0.400. The van der Waals surface area contributed by atoms with E-state index in [1.54, 1.807) is 13.0 Å². The maximum absolute atomic E-state index is 11.3. The fourth-order valence-electron chi connectivity index (χ4n) is 1.47. The van der Waals surface area contributed by atoms with E-state index in [1.165, 1.54) is 6.07 Å². The van der Waals surface area contributed by atoms with E-state index in [9.17, 15) is 8.42 Å². The third kappa shape index (κ3) is 2.86. The molecule has 0 fully saturated rings. The first kappa shape index (κ1) is 12.8. The van der Waals surface area contributed by atoms with E-state index in [-0.39, 0.29) is 10.9 Å². The van der Waals surface area contributed by atoms with Gasteiger partial charge in [-0.2, -0.15) is 0 Å². The van der Waals surface area contributed by atoms with E-state index in [1.807, 2.05) is 13.8 Å². The van der Waals surface area contributed by atoms with Gasteiger partial charge in [0.05, 0.1) is 4.90 Å². The van der Waals surface area contributed by atoms with Crippen molar-refractivity contribution < 1.29 is 8.42 Å². The summed E-state index contributed by atoms with van der Waals surface area (Å²) in [5, 5.41) is 8.24. The van der Waals surface area contributed by atoms with Gasteiger partial charge in [0, 0.05) is 17.4 Å². The Bertz CT molecular complexity index is 495. The highest BCUT2D eigenvalue weighted by molar-refractivity contribution is 7.89. The highest BCUT2D eigenvalue weighted by Gasteiger charge is 2.15. The van der Waals surface area contributed by atoms with Crippen LogP contribution in [0.25, 0.3) is 0 Å². The number of anilines is 2. The largest absolute Gasteiger partial charge is 0.399 e. The Balaban J connectivity index is 3.38. The van der Waals surface area contributed by atoms with Gasteiger partial charge in [0.2, 0.25) is 10.0 Å². The third-order valence-electron chi connectivity index (χ3n) is 2.13. The summed E-state index contributed by atoms with van der Waals surface area (Å²) >= 11 is 0. The average molecular weight is 243 g/mol. The highest BCUT2D eigenvalue weighted by Crippen LogP contribution is 2.26. The summed E-state index contributed by atoms with van der Waals surface area (Å²) in [6.45, 7) is 5.61. The second-order valence-electron chi connectivity index (χ2n) is 4.04. The molecule has 0 aliphatic rings. The van der Waals surface area contributed by atoms with Gasteiger partial charge < -0.3 is 11.1 Å². The fourth-order valence-corrected chi connectivity index (χ4v) is 2.30. The smallest absolute Gasteiger partial charge is 0.238 e. The Labute approximate surface area is 95.9 Å². The standard InChI is InChI=1S/C10H17N3O2S/c1-6(2)13-9-4-8(11)5-10(7(9)3)16(12,14)15/h4-6,13H,11H2,1-3H3,(H2,12,14,15). The highest BCUT2D eigenvalue weighted by atomic mass is 32.2. The zero-order valence-electron chi connectivity index (χ0n) is 9.61. The lowest BCUT2D eigenvalue weighted by atomic mass is 10.1. The van der Waals surface area contributed by atoms with Crippen LogP contribution in [0, 0.1) is 6.92 Å². The molecule has 0 atom stereocenters. The van der Waals surface area contributed by atoms with Gasteiger partial charge in [0.25, 0.3) is 0 Å². The van der Waals surface area contributed by atoms with Crippen molar-refractivity contribution in [3.8, 4) is 0 Å². The number of benzene rings is 1. The maximum atomic E-state index is 11.3. The number of rotatable bonds is 3. The van der Waals surface area contributed by atoms with Gasteiger partial charge in [0.1, 0.15) is 0 Å². The molecule has 0 aromatic heterocycles. The van der Waals surface area contributed by atoms with Crippen LogP contribution in [0.4, 0.5) is 11.4 Å². The number of hydrogen-bond acceptors (Lipinski definition) is 4. The van der Waals surface area contributed by atoms with E-state index >= 15 is 0 Å². The van der Waals surface area contributed by atoms with Gasteiger partial charge in [-0.05, 0) is 38.5 Å². The second-order valence-corrected chi connectivity index (χ2v) is 5.57. The molecule has 0 aliphatic heterocycles. The van der Waals surface area contributed by atoms with Crippen molar-refractivity contribution in [3.63, 3.8) is 0 Å². The first-order chi connectivity index (χ1) is 7.21. The van der Waals surface area contributed by atoms with Crippen molar-refractivity contribution >= 4 is 21.4 Å². The van der Waals surface area contributed by atoms with E-state index in [0.717, 1.165) is 0 Å². The zero-order chi connectivity index (χ0) is 12.5. The maximum Gasteiger partial charge on any atom is 0.238 e. The SMILES string of the molecule is Cc1c(NC(C)C)cc(N)cc1S(N)(=O)=O. The molecule has 0 radical (unpaired) electrons. The zero-order valence-corrected chi connectivity index (χ0v) is 10.4. The van der Waals surface area contributed by atoms with Gasteiger partial charge in [-0.1, -0.05) is 0 Å². The van der Waals surface area contributed by atoms with Crippen LogP contribution in [0.3, 0.4) is 0 Å². The van der Waals surface area contributed by atoms with Gasteiger partial charge >= 0.3 is 0 Å². The molecule has 1 aromatic carbocycles. The molecule has 0 saturated carbocycles. The summed E-state index contributed by atoms with van der Waals surface area (Å²) in [7, 11) is -3.73. The number of primary sulfonamides is 1. The molecule has 0 heterocycles. The predicted molar refractivity (Wildman–Crippen MR) is 65.7 cm³/mol. The first-order valence-corrected chi connectivity index (χ1v) is 6.46. The second kappa shape index (κ2) is 4.31. The minimum absolute atomic E-state index is 0.0654. The molecule has 0 bridgehead atoms. The minimum Gasteiger partial charge on any atom is -0.399 e. The molecule has 0 spiro atoms. The molecule has 5 N–H and O–H groups in total. The lowest BCUT2D eigenvalue weighted by Crippen LogP contribution is -2.17. The van der Waals surface area contributed by atoms with Gasteiger partial charge in [-0.3, -0.25) is 0 Å². The normalized spacial score (nSPS) is 11.8. The van der Waals surface area contributed by atoms with Crippen LogP contribution in [0.1, 0.15) is 19.4 Å². The molecule has 90 valence electrons. The van der Waals surface area contributed by atoms with Crippen LogP contribution in [0.5, 0.6) is 0 Å². The summed E-state index contributed by atoms with van der Waals surface area (Å²) < 4.78 is 22.7. The lowest BCUT2D eigenvalue weighted by Gasteiger charge is -2.15. The first-order valence-electron chi connectivity index (χ1n) is 4.91. The Morgan fingerprint density at radius 2 is 1.88 bits per heavy atom. The number of hydrogen-bond donors (Lipinski definition) is 3. The average Bonchev–Trinajstić information content (AvgIpc) is 2.07. The summed E-state index contributed by atoms with van der Waals surface area (Å²) in [6.07, 6.45) is 0. The van der Waals surface area contributed by atoms with Crippen LogP contribution >= 0.6 is 0 Å². The van der Waals surface area contributed by atoms with Crippen molar-refractivity contribution in [2.75, 3.05) is 11.1 Å². The Hall–Kier alpha value is -1.27. The lowest BCUT2D eigenvalue weighted by molar-refractivity contribution is 0.597. The van der Waals surface area contributed by atoms with E-state index in [4.69, 9.17) is 10.9 Å². The van der Waals surface area contributed by atoms with Crippen LogP contribution in [0.2, 0.25) is 0 Å². The van der Waals surface area contributed by atoms with Gasteiger partial charge in [-0.15, -0.1) is 0 Å². The van der Waals surface area contributed by atoms with E-state index in [0.29, 0.717) is 16.9 Å². The summed E-state index contributed by atoms with van der Waals surface area (Å²) in [5.41, 5.74) is 7.30. The molecule has 1 rings (SSSR count). The number of sulfonamides is 1. The van der Waals surface area contributed by atoms with Crippen LogP contribution in [-0.4, -0.2) is 14.5 Å². The van der Waals surface area contributed by atoms with Crippen molar-refractivity contribution in [2.24, 2.45) is 5.14 Å². The van der Waals surface area contributed by atoms with Crippen LogP contribution in [0.15, 0.2) is 17.0 Å². The topological polar surface area (TPSA) is 98.2 Å².